The van der Waals surface area contributed by atoms with E-state index in [4.69, 9.17) is 5.84 Å². The van der Waals surface area contributed by atoms with Gasteiger partial charge in [-0.05, 0) is 37.8 Å². The van der Waals surface area contributed by atoms with E-state index in [1.54, 1.807) is 0 Å². The van der Waals surface area contributed by atoms with Crippen LogP contribution in [0.1, 0.15) is 19.8 Å². The van der Waals surface area contributed by atoms with Crippen LogP contribution in [0.4, 0.5) is 0 Å². The van der Waals surface area contributed by atoms with Gasteiger partial charge in [-0.2, -0.15) is 0 Å². The molecule has 1 aliphatic carbocycles. The van der Waals surface area contributed by atoms with E-state index in [1.807, 2.05) is 24.3 Å². The third-order valence-electron chi connectivity index (χ3n) is 3.83. The third-order valence-corrected chi connectivity index (χ3v) is 5.46. The molecule has 0 aliphatic heterocycles. The minimum atomic E-state index is -0.000147. The molecule has 1 saturated carbocycles. The van der Waals surface area contributed by atoms with E-state index < -0.39 is 0 Å². The van der Waals surface area contributed by atoms with Gasteiger partial charge in [0.15, 0.2) is 5.82 Å². The van der Waals surface area contributed by atoms with Gasteiger partial charge in [-0.25, -0.2) is 4.68 Å². The zero-order chi connectivity index (χ0) is 16.4. The minimum absolute atomic E-state index is 0.000147. The smallest absolute Gasteiger partial charge is 0.230 e. The van der Waals surface area contributed by atoms with E-state index in [0.717, 1.165) is 10.0 Å². The van der Waals surface area contributed by atoms with Crippen LogP contribution in [-0.4, -0.2) is 32.6 Å². The van der Waals surface area contributed by atoms with Crippen molar-refractivity contribution < 1.29 is 4.79 Å². The maximum atomic E-state index is 12.0. The molecule has 0 spiro atoms. The van der Waals surface area contributed by atoms with Gasteiger partial charge in [0.2, 0.25) is 11.1 Å². The molecule has 1 atom stereocenters. The average Bonchev–Trinajstić information content (AvgIpc) is 3.31. The van der Waals surface area contributed by atoms with Gasteiger partial charge < -0.3 is 11.2 Å². The predicted octanol–water partition coefficient (Wildman–Crippen LogP) is 2.43. The van der Waals surface area contributed by atoms with Crippen LogP contribution in [0, 0.1) is 5.92 Å². The van der Waals surface area contributed by atoms with E-state index in [2.05, 4.69) is 38.4 Å². The molecule has 3 N–H and O–H groups in total. The van der Waals surface area contributed by atoms with Crippen molar-refractivity contribution in [2.24, 2.45) is 5.92 Å². The molecule has 1 aromatic heterocycles. The van der Waals surface area contributed by atoms with Crippen molar-refractivity contribution >= 4 is 33.6 Å². The third kappa shape index (κ3) is 3.87. The molecule has 1 amide bonds. The normalized spacial score (nSPS) is 15.4. The number of benzene rings is 1. The summed E-state index contributed by atoms with van der Waals surface area (Å²) in [6.45, 7) is 2.05. The zero-order valence-electron chi connectivity index (χ0n) is 12.7. The molecule has 122 valence electrons. The van der Waals surface area contributed by atoms with Crippen LogP contribution in [0.25, 0.3) is 11.4 Å². The molecule has 0 unspecified atom stereocenters. The lowest BCUT2D eigenvalue weighted by Crippen LogP contribution is -2.35. The number of hydrogen-bond acceptors (Lipinski definition) is 5. The Kier molecular flexibility index (Phi) is 4.91. The largest absolute Gasteiger partial charge is 0.353 e. The fraction of sp³-hybridized carbons (Fsp3) is 0.400. The van der Waals surface area contributed by atoms with Crippen molar-refractivity contribution in [1.29, 1.82) is 0 Å². The first-order valence-electron chi connectivity index (χ1n) is 7.44. The van der Waals surface area contributed by atoms with Crippen molar-refractivity contribution in [3.05, 3.63) is 28.7 Å². The van der Waals surface area contributed by atoms with Crippen LogP contribution >= 0.6 is 27.7 Å². The second-order valence-corrected chi connectivity index (χ2v) is 7.44. The Hall–Kier alpha value is -1.54. The molecule has 0 saturated heterocycles. The summed E-state index contributed by atoms with van der Waals surface area (Å²) in [5.41, 5.74) is 0.862. The van der Waals surface area contributed by atoms with Gasteiger partial charge in [-0.15, -0.1) is 10.2 Å². The lowest BCUT2D eigenvalue weighted by molar-refractivity contribution is -0.119. The highest BCUT2D eigenvalue weighted by molar-refractivity contribution is 9.10. The molecule has 3 rings (SSSR count). The molecule has 6 nitrogen and oxygen atoms in total. The van der Waals surface area contributed by atoms with Crippen LogP contribution in [-0.2, 0) is 4.79 Å². The topological polar surface area (TPSA) is 85.8 Å². The molecule has 8 heteroatoms. The number of carbonyl (C=O) groups is 1. The van der Waals surface area contributed by atoms with Gasteiger partial charge in [0.1, 0.15) is 0 Å². The van der Waals surface area contributed by atoms with E-state index in [9.17, 15) is 4.79 Å². The quantitative estimate of drug-likeness (QED) is 0.579. The molecular formula is C15H18BrN5OS. The Labute approximate surface area is 147 Å². The molecule has 0 radical (unpaired) electrons. The number of aromatic nitrogens is 3. The number of thioether (sulfide) groups is 1. The first kappa shape index (κ1) is 16.3. The van der Waals surface area contributed by atoms with Crippen molar-refractivity contribution in [2.75, 3.05) is 11.6 Å². The zero-order valence-corrected chi connectivity index (χ0v) is 15.1. The average molecular weight is 396 g/mol. The molecule has 2 aromatic rings. The van der Waals surface area contributed by atoms with Crippen LogP contribution in [0.5, 0.6) is 0 Å². The molecule has 1 aliphatic rings. The maximum absolute atomic E-state index is 12.0. The summed E-state index contributed by atoms with van der Waals surface area (Å²) in [6.07, 6.45) is 2.42. The van der Waals surface area contributed by atoms with Crippen LogP contribution in [0.2, 0.25) is 0 Å². The second kappa shape index (κ2) is 6.92. The number of nitrogens with two attached hydrogens (primary N) is 1. The van der Waals surface area contributed by atoms with Gasteiger partial charge in [-0.3, -0.25) is 4.79 Å². The van der Waals surface area contributed by atoms with E-state index in [1.165, 1.54) is 29.3 Å². The summed E-state index contributed by atoms with van der Waals surface area (Å²) in [6, 6.07) is 7.91. The van der Waals surface area contributed by atoms with Crippen molar-refractivity contribution in [1.82, 2.24) is 20.2 Å². The Morgan fingerprint density at radius 3 is 2.91 bits per heavy atom. The number of nitrogen functional groups attached to an aromatic ring is 1. The highest BCUT2D eigenvalue weighted by Gasteiger charge is 2.28. The van der Waals surface area contributed by atoms with E-state index >= 15 is 0 Å². The maximum Gasteiger partial charge on any atom is 0.230 e. The van der Waals surface area contributed by atoms with Gasteiger partial charge in [-0.1, -0.05) is 39.8 Å². The Balaban J connectivity index is 1.63. The number of hydrogen-bond donors (Lipinski definition) is 2. The second-order valence-electron chi connectivity index (χ2n) is 5.64. The fourth-order valence-electron chi connectivity index (χ4n) is 2.34. The molecule has 23 heavy (non-hydrogen) atoms. The van der Waals surface area contributed by atoms with Gasteiger partial charge in [0.05, 0.1) is 5.75 Å². The highest BCUT2D eigenvalue weighted by atomic mass is 79.9. The van der Waals surface area contributed by atoms with Crippen molar-refractivity contribution in [3.8, 4) is 11.4 Å². The standard InChI is InChI=1S/C15H18BrN5OS/c1-9(10-6-7-10)18-13(22)8-23-15-20-19-14(21(15)17)11-4-2-3-5-12(11)16/h2-5,9-10H,6-8,17H2,1H3,(H,18,22)/t9-/m1/s1. The summed E-state index contributed by atoms with van der Waals surface area (Å²) in [5.74, 6) is 7.55. The van der Waals surface area contributed by atoms with E-state index in [-0.39, 0.29) is 17.7 Å². The summed E-state index contributed by atoms with van der Waals surface area (Å²) in [4.78, 5) is 12.0. The lowest BCUT2D eigenvalue weighted by Gasteiger charge is -2.12. The van der Waals surface area contributed by atoms with Crippen molar-refractivity contribution in [3.63, 3.8) is 0 Å². The summed E-state index contributed by atoms with van der Waals surface area (Å²) in [5, 5.41) is 11.7. The summed E-state index contributed by atoms with van der Waals surface area (Å²) >= 11 is 4.77. The monoisotopic (exact) mass is 395 g/mol. The number of rotatable bonds is 6. The Morgan fingerprint density at radius 2 is 2.22 bits per heavy atom. The minimum Gasteiger partial charge on any atom is -0.353 e. The van der Waals surface area contributed by atoms with Gasteiger partial charge >= 0.3 is 0 Å². The summed E-state index contributed by atoms with van der Waals surface area (Å²) < 4.78 is 2.31. The molecule has 1 aromatic carbocycles. The first-order chi connectivity index (χ1) is 11.1. The molecular weight excluding hydrogens is 378 g/mol. The number of nitrogens with one attached hydrogen (secondary N) is 1. The summed E-state index contributed by atoms with van der Waals surface area (Å²) in [7, 11) is 0. The fourth-order valence-corrected chi connectivity index (χ4v) is 3.47. The molecule has 1 heterocycles. The highest BCUT2D eigenvalue weighted by Crippen LogP contribution is 2.32. The Bertz CT molecular complexity index is 716. The SMILES string of the molecule is C[C@@H](NC(=O)CSc1nnc(-c2ccccc2Br)n1N)C1CC1. The number of nitrogens with zero attached hydrogens (tertiary/aromatic N) is 3. The number of amides is 1. The lowest BCUT2D eigenvalue weighted by atomic mass is 10.2. The van der Waals surface area contributed by atoms with Crippen LogP contribution in [0.15, 0.2) is 33.9 Å². The van der Waals surface area contributed by atoms with Gasteiger partial charge in [0.25, 0.3) is 0 Å². The molecule has 0 bridgehead atoms. The number of carbonyl (C=O) groups excluding carboxylic acids is 1. The van der Waals surface area contributed by atoms with Crippen LogP contribution < -0.4 is 11.2 Å². The first-order valence-corrected chi connectivity index (χ1v) is 9.21. The molecule has 1 fully saturated rings. The van der Waals surface area contributed by atoms with Crippen LogP contribution in [0.3, 0.4) is 0 Å². The van der Waals surface area contributed by atoms with E-state index in [0.29, 0.717) is 16.9 Å². The Morgan fingerprint density at radius 1 is 1.48 bits per heavy atom. The predicted molar refractivity (Wildman–Crippen MR) is 94.4 cm³/mol. The van der Waals surface area contributed by atoms with Crippen molar-refractivity contribution in [2.45, 2.75) is 31.0 Å². The number of halogens is 1. The van der Waals surface area contributed by atoms with Gasteiger partial charge in [0, 0.05) is 16.1 Å².